The highest BCUT2D eigenvalue weighted by Crippen LogP contribution is 2.21. The van der Waals surface area contributed by atoms with E-state index < -0.39 is 10.8 Å². The molecule has 1 unspecified atom stereocenters. The fourth-order valence-electron chi connectivity index (χ4n) is 1.03. The molecule has 0 heterocycles. The first kappa shape index (κ1) is 14.5. The van der Waals surface area contributed by atoms with Crippen molar-refractivity contribution in [2.24, 2.45) is 5.41 Å². The van der Waals surface area contributed by atoms with Gasteiger partial charge in [-0.1, -0.05) is 26.0 Å². The summed E-state index contributed by atoms with van der Waals surface area (Å²) >= 11 is 0. The lowest BCUT2D eigenvalue weighted by Crippen LogP contribution is -2.23. The predicted octanol–water partition coefficient (Wildman–Crippen LogP) is 3.14. The van der Waals surface area contributed by atoms with Crippen LogP contribution >= 0.6 is 0 Å². The van der Waals surface area contributed by atoms with E-state index in [1.165, 1.54) is 0 Å². The third kappa shape index (κ3) is 6.52. The predicted molar refractivity (Wildman–Crippen MR) is 69.1 cm³/mol. The number of terminal acetylenes is 1. The summed E-state index contributed by atoms with van der Waals surface area (Å²) in [5, 5.41) is 0. The standard InChI is InChI=1S/C13H22OS/c1-7-9-13(5,6)10-8-11-15(14)12(2,3)4/h1,8,10H,9,11H2,2-6H3/b10-8+. The van der Waals surface area contributed by atoms with Crippen LogP contribution in [-0.4, -0.2) is 14.7 Å². The third-order valence-electron chi connectivity index (χ3n) is 2.06. The number of allylic oxidation sites excluding steroid dienone is 1. The maximum atomic E-state index is 11.7. The molecule has 0 rings (SSSR count). The minimum atomic E-state index is -0.814. The lowest BCUT2D eigenvalue weighted by Gasteiger charge is -2.18. The quantitative estimate of drug-likeness (QED) is 0.531. The van der Waals surface area contributed by atoms with Crippen LogP contribution in [0.4, 0.5) is 0 Å². The highest BCUT2D eigenvalue weighted by molar-refractivity contribution is 7.86. The van der Waals surface area contributed by atoms with Crippen molar-refractivity contribution in [1.82, 2.24) is 0 Å². The Labute approximate surface area is 96.8 Å². The summed E-state index contributed by atoms with van der Waals surface area (Å²) in [6, 6.07) is 0. The second kappa shape index (κ2) is 5.51. The van der Waals surface area contributed by atoms with E-state index in [1.807, 2.05) is 26.8 Å². The first-order chi connectivity index (χ1) is 6.69. The third-order valence-corrected chi connectivity index (χ3v) is 3.92. The second-order valence-electron chi connectivity index (χ2n) is 5.40. The maximum Gasteiger partial charge on any atom is 0.0420 e. The maximum absolute atomic E-state index is 11.7. The highest BCUT2D eigenvalue weighted by atomic mass is 32.2. The molecule has 0 amide bonds. The van der Waals surface area contributed by atoms with Crippen molar-refractivity contribution in [1.29, 1.82) is 0 Å². The lowest BCUT2D eigenvalue weighted by atomic mass is 9.89. The molecule has 0 fully saturated rings. The zero-order valence-corrected chi connectivity index (χ0v) is 11.3. The monoisotopic (exact) mass is 226 g/mol. The van der Waals surface area contributed by atoms with E-state index >= 15 is 0 Å². The molecule has 1 nitrogen and oxygen atoms in total. The molecule has 0 radical (unpaired) electrons. The van der Waals surface area contributed by atoms with E-state index in [1.54, 1.807) is 0 Å². The van der Waals surface area contributed by atoms with E-state index in [0.717, 1.165) is 0 Å². The van der Waals surface area contributed by atoms with Gasteiger partial charge in [-0.05, 0) is 26.2 Å². The molecular weight excluding hydrogens is 204 g/mol. The van der Waals surface area contributed by atoms with Gasteiger partial charge in [0.1, 0.15) is 0 Å². The summed E-state index contributed by atoms with van der Waals surface area (Å²) in [7, 11) is -0.814. The summed E-state index contributed by atoms with van der Waals surface area (Å²) in [6.45, 7) is 10.1. The van der Waals surface area contributed by atoms with Crippen molar-refractivity contribution < 1.29 is 4.21 Å². The average Bonchev–Trinajstić information content (AvgIpc) is 2.01. The second-order valence-corrected chi connectivity index (χ2v) is 7.65. The van der Waals surface area contributed by atoms with Crippen LogP contribution in [0.25, 0.3) is 0 Å². The molecule has 0 aromatic heterocycles. The van der Waals surface area contributed by atoms with Gasteiger partial charge in [-0.25, -0.2) is 0 Å². The lowest BCUT2D eigenvalue weighted by molar-refractivity contribution is 0.497. The zero-order valence-electron chi connectivity index (χ0n) is 10.5. The van der Waals surface area contributed by atoms with Crippen molar-refractivity contribution in [3.05, 3.63) is 12.2 Å². The molecule has 0 bridgehead atoms. The van der Waals surface area contributed by atoms with Gasteiger partial charge in [0.05, 0.1) is 0 Å². The van der Waals surface area contributed by atoms with Gasteiger partial charge in [-0.15, -0.1) is 12.3 Å². The zero-order chi connectivity index (χ0) is 12.1. The molecule has 0 saturated heterocycles. The molecular formula is C13H22OS. The summed E-state index contributed by atoms with van der Waals surface area (Å²) in [4.78, 5) is 0. The Bertz CT molecular complexity index is 287. The first-order valence-corrected chi connectivity index (χ1v) is 6.50. The largest absolute Gasteiger partial charge is 0.259 e. The Kier molecular flexibility index (Phi) is 5.31. The number of hydrogen-bond acceptors (Lipinski definition) is 1. The Hall–Kier alpha value is -0.550. The molecule has 0 spiro atoms. The Morgan fingerprint density at radius 2 is 1.80 bits per heavy atom. The van der Waals surface area contributed by atoms with Crippen LogP contribution in [0.3, 0.4) is 0 Å². The molecule has 1 atom stereocenters. The molecule has 15 heavy (non-hydrogen) atoms. The Balaban J connectivity index is 4.23. The van der Waals surface area contributed by atoms with E-state index in [-0.39, 0.29) is 10.2 Å². The van der Waals surface area contributed by atoms with Gasteiger partial charge in [0.25, 0.3) is 0 Å². The highest BCUT2D eigenvalue weighted by Gasteiger charge is 2.18. The van der Waals surface area contributed by atoms with E-state index in [4.69, 9.17) is 6.42 Å². The summed E-state index contributed by atoms with van der Waals surface area (Å²) in [6.07, 6.45) is 10.0. The van der Waals surface area contributed by atoms with Crippen molar-refractivity contribution in [2.75, 3.05) is 5.75 Å². The van der Waals surface area contributed by atoms with Gasteiger partial charge in [0.2, 0.25) is 0 Å². The van der Waals surface area contributed by atoms with Crippen LogP contribution in [0, 0.1) is 17.8 Å². The number of rotatable bonds is 4. The summed E-state index contributed by atoms with van der Waals surface area (Å²) < 4.78 is 11.6. The molecule has 0 aromatic carbocycles. The van der Waals surface area contributed by atoms with Crippen LogP contribution in [0.2, 0.25) is 0 Å². The normalized spacial score (nSPS) is 15.2. The minimum Gasteiger partial charge on any atom is -0.259 e. The minimum absolute atomic E-state index is 0.0107. The van der Waals surface area contributed by atoms with Crippen molar-refractivity contribution in [3.63, 3.8) is 0 Å². The van der Waals surface area contributed by atoms with Gasteiger partial charge in [-0.3, -0.25) is 4.21 Å². The van der Waals surface area contributed by atoms with Gasteiger partial charge in [0.15, 0.2) is 0 Å². The molecule has 0 N–H and O–H groups in total. The molecule has 0 aliphatic carbocycles. The molecule has 0 aliphatic rings. The Morgan fingerprint density at radius 3 is 2.20 bits per heavy atom. The van der Waals surface area contributed by atoms with Gasteiger partial charge >= 0.3 is 0 Å². The van der Waals surface area contributed by atoms with Crippen molar-refractivity contribution in [2.45, 2.75) is 45.8 Å². The smallest absolute Gasteiger partial charge is 0.0420 e. The Morgan fingerprint density at radius 1 is 1.27 bits per heavy atom. The van der Waals surface area contributed by atoms with E-state index in [0.29, 0.717) is 12.2 Å². The van der Waals surface area contributed by atoms with Gasteiger partial charge in [-0.2, -0.15) is 0 Å². The molecule has 0 aromatic rings. The van der Waals surface area contributed by atoms with Crippen LogP contribution < -0.4 is 0 Å². The molecule has 0 saturated carbocycles. The first-order valence-electron chi connectivity index (χ1n) is 5.19. The van der Waals surface area contributed by atoms with Gasteiger partial charge < -0.3 is 0 Å². The summed E-state index contributed by atoms with van der Waals surface area (Å²) in [5.74, 6) is 3.26. The van der Waals surface area contributed by atoms with Crippen LogP contribution in [0.1, 0.15) is 41.0 Å². The van der Waals surface area contributed by atoms with Gasteiger partial charge in [0, 0.05) is 27.7 Å². The molecule has 0 aliphatic heterocycles. The molecule has 86 valence electrons. The average molecular weight is 226 g/mol. The topological polar surface area (TPSA) is 17.1 Å². The van der Waals surface area contributed by atoms with E-state index in [9.17, 15) is 4.21 Å². The van der Waals surface area contributed by atoms with Crippen molar-refractivity contribution >= 4 is 10.8 Å². The SMILES string of the molecule is C#CCC(C)(C)/C=C/CS(=O)C(C)(C)C. The molecule has 2 heteroatoms. The fraction of sp³-hybridized carbons (Fsp3) is 0.692. The van der Waals surface area contributed by atoms with Crippen molar-refractivity contribution in [3.8, 4) is 12.3 Å². The van der Waals surface area contributed by atoms with E-state index in [2.05, 4.69) is 25.8 Å². The summed E-state index contributed by atoms with van der Waals surface area (Å²) in [5.41, 5.74) is 0.0107. The van der Waals surface area contributed by atoms with Crippen LogP contribution in [0.15, 0.2) is 12.2 Å². The van der Waals surface area contributed by atoms with Crippen LogP contribution in [-0.2, 0) is 10.8 Å². The number of hydrogen-bond donors (Lipinski definition) is 0. The fourth-order valence-corrected chi connectivity index (χ4v) is 1.80. The van der Waals surface area contributed by atoms with Crippen LogP contribution in [0.5, 0.6) is 0 Å².